The van der Waals surface area contributed by atoms with Crippen molar-refractivity contribution < 1.29 is 18.0 Å². The summed E-state index contributed by atoms with van der Waals surface area (Å²) in [6.45, 7) is 4.90. The van der Waals surface area contributed by atoms with E-state index in [0.29, 0.717) is 16.3 Å². The molecule has 10 heteroatoms. The minimum atomic E-state index is -4.16. The van der Waals surface area contributed by atoms with Crippen LogP contribution in [0.15, 0.2) is 76.1 Å². The molecular weight excluding hydrogens is 626 g/mol. The van der Waals surface area contributed by atoms with Crippen molar-refractivity contribution in [2.45, 2.75) is 70.0 Å². The molecule has 3 aromatic carbocycles. The molecule has 1 atom stereocenters. The first-order chi connectivity index (χ1) is 19.5. The molecule has 0 saturated heterocycles. The van der Waals surface area contributed by atoms with Crippen molar-refractivity contribution in [2.24, 2.45) is 0 Å². The van der Waals surface area contributed by atoms with Crippen LogP contribution < -0.4 is 9.62 Å². The molecule has 1 saturated carbocycles. The number of aryl methyl sites for hydroxylation is 1. The van der Waals surface area contributed by atoms with E-state index in [1.54, 1.807) is 44.2 Å². The van der Waals surface area contributed by atoms with Gasteiger partial charge in [0.25, 0.3) is 10.0 Å². The van der Waals surface area contributed by atoms with E-state index in [2.05, 4.69) is 21.2 Å². The maximum absolute atomic E-state index is 14.1. The van der Waals surface area contributed by atoms with Gasteiger partial charge in [-0.05, 0) is 81.1 Å². The minimum absolute atomic E-state index is 0.0563. The molecule has 1 N–H and O–H groups in total. The molecule has 2 amide bonds. The van der Waals surface area contributed by atoms with Crippen molar-refractivity contribution >= 4 is 55.1 Å². The number of hydrogen-bond acceptors (Lipinski definition) is 4. The number of halogens is 2. The number of benzene rings is 3. The Morgan fingerprint density at radius 3 is 2.34 bits per heavy atom. The Bertz CT molecular complexity index is 1510. The molecule has 218 valence electrons. The fourth-order valence-corrected chi connectivity index (χ4v) is 7.11. The Kier molecular flexibility index (Phi) is 10.2. The first kappa shape index (κ1) is 31.1. The van der Waals surface area contributed by atoms with Crippen molar-refractivity contribution in [1.82, 2.24) is 10.2 Å². The zero-order chi connectivity index (χ0) is 29.7. The summed E-state index contributed by atoms with van der Waals surface area (Å²) in [4.78, 5) is 29.0. The fourth-order valence-electron chi connectivity index (χ4n) is 5.02. The predicted molar refractivity (Wildman–Crippen MR) is 166 cm³/mol. The van der Waals surface area contributed by atoms with Crippen LogP contribution in [0.1, 0.15) is 49.3 Å². The molecule has 0 radical (unpaired) electrons. The second-order valence-electron chi connectivity index (χ2n) is 10.5. The summed E-state index contributed by atoms with van der Waals surface area (Å²) in [5.74, 6) is -0.763. The van der Waals surface area contributed by atoms with Crippen molar-refractivity contribution in [3.05, 3.63) is 92.9 Å². The van der Waals surface area contributed by atoms with Gasteiger partial charge in [0, 0.05) is 22.1 Å². The molecule has 4 rings (SSSR count). The van der Waals surface area contributed by atoms with Gasteiger partial charge in [0.1, 0.15) is 12.6 Å². The third-order valence-electron chi connectivity index (χ3n) is 7.51. The Morgan fingerprint density at radius 1 is 1.02 bits per heavy atom. The number of nitrogens with zero attached hydrogens (tertiary/aromatic N) is 2. The summed E-state index contributed by atoms with van der Waals surface area (Å²) < 4.78 is 30.0. The topological polar surface area (TPSA) is 86.8 Å². The smallest absolute Gasteiger partial charge is 0.264 e. The van der Waals surface area contributed by atoms with Gasteiger partial charge in [0.2, 0.25) is 11.8 Å². The third-order valence-corrected chi connectivity index (χ3v) is 10.2. The first-order valence-electron chi connectivity index (χ1n) is 13.7. The van der Waals surface area contributed by atoms with E-state index >= 15 is 0 Å². The summed E-state index contributed by atoms with van der Waals surface area (Å²) >= 11 is 9.87. The van der Waals surface area contributed by atoms with Crippen LogP contribution in [0.2, 0.25) is 5.02 Å². The van der Waals surface area contributed by atoms with Crippen molar-refractivity contribution in [2.75, 3.05) is 10.8 Å². The zero-order valence-corrected chi connectivity index (χ0v) is 26.6. The molecular formula is C31H35BrClN3O4S. The molecule has 1 fully saturated rings. The van der Waals surface area contributed by atoms with E-state index in [1.165, 1.54) is 17.0 Å². The lowest BCUT2D eigenvalue weighted by Gasteiger charge is -2.33. The molecule has 0 aliphatic heterocycles. The summed E-state index contributed by atoms with van der Waals surface area (Å²) in [7, 11) is -4.16. The Hall–Kier alpha value is -2.88. The number of amides is 2. The lowest BCUT2D eigenvalue weighted by Crippen LogP contribution is -2.52. The van der Waals surface area contributed by atoms with Gasteiger partial charge in [0.05, 0.1) is 10.6 Å². The maximum atomic E-state index is 14.1. The van der Waals surface area contributed by atoms with E-state index in [4.69, 9.17) is 11.6 Å². The van der Waals surface area contributed by atoms with Crippen molar-refractivity contribution in [3.63, 3.8) is 0 Å². The lowest BCUT2D eigenvalue weighted by atomic mass is 10.1. The number of hydrogen-bond donors (Lipinski definition) is 1. The highest BCUT2D eigenvalue weighted by molar-refractivity contribution is 9.10. The highest BCUT2D eigenvalue weighted by Gasteiger charge is 2.34. The van der Waals surface area contributed by atoms with Gasteiger partial charge in [0.15, 0.2) is 0 Å². The first-order valence-corrected chi connectivity index (χ1v) is 16.3. The average molecular weight is 661 g/mol. The van der Waals surface area contributed by atoms with Crippen LogP contribution in [0.5, 0.6) is 0 Å². The van der Waals surface area contributed by atoms with Crippen LogP contribution in [0.25, 0.3) is 0 Å². The van der Waals surface area contributed by atoms with Crippen LogP contribution in [0.4, 0.5) is 5.69 Å². The van der Waals surface area contributed by atoms with E-state index in [9.17, 15) is 18.0 Å². The highest BCUT2D eigenvalue weighted by Crippen LogP contribution is 2.31. The molecule has 1 aliphatic carbocycles. The van der Waals surface area contributed by atoms with Gasteiger partial charge in [-0.1, -0.05) is 76.3 Å². The van der Waals surface area contributed by atoms with E-state index < -0.39 is 28.5 Å². The number of carbonyl (C=O) groups is 2. The number of carbonyl (C=O) groups excluding carboxylic acids is 2. The maximum Gasteiger partial charge on any atom is 0.264 e. The van der Waals surface area contributed by atoms with Gasteiger partial charge >= 0.3 is 0 Å². The predicted octanol–water partition coefficient (Wildman–Crippen LogP) is 6.39. The van der Waals surface area contributed by atoms with Crippen LogP contribution in [0, 0.1) is 13.8 Å². The minimum Gasteiger partial charge on any atom is -0.352 e. The third kappa shape index (κ3) is 7.50. The number of anilines is 1. The molecule has 0 heterocycles. The average Bonchev–Trinajstić information content (AvgIpc) is 3.45. The van der Waals surface area contributed by atoms with Gasteiger partial charge in [-0.3, -0.25) is 13.9 Å². The van der Waals surface area contributed by atoms with Crippen LogP contribution >= 0.6 is 27.5 Å². The van der Waals surface area contributed by atoms with Crippen LogP contribution in [-0.4, -0.2) is 43.8 Å². The second-order valence-corrected chi connectivity index (χ2v) is 13.7. The molecule has 3 aromatic rings. The Labute approximate surface area is 256 Å². The molecule has 7 nitrogen and oxygen atoms in total. The summed E-state index contributed by atoms with van der Waals surface area (Å²) in [6, 6.07) is 18.2. The molecule has 0 unspecified atom stereocenters. The largest absolute Gasteiger partial charge is 0.352 e. The second kappa shape index (κ2) is 13.4. The van der Waals surface area contributed by atoms with E-state index in [0.717, 1.165) is 45.6 Å². The number of rotatable bonds is 10. The molecule has 41 heavy (non-hydrogen) atoms. The Morgan fingerprint density at radius 2 is 1.68 bits per heavy atom. The quantitative estimate of drug-likeness (QED) is 0.273. The van der Waals surface area contributed by atoms with E-state index in [1.807, 2.05) is 31.2 Å². The normalized spacial score (nSPS) is 14.5. The van der Waals surface area contributed by atoms with Gasteiger partial charge in [-0.2, -0.15) is 0 Å². The number of sulfonamides is 1. The highest BCUT2D eigenvalue weighted by atomic mass is 79.9. The zero-order valence-electron chi connectivity index (χ0n) is 23.4. The monoisotopic (exact) mass is 659 g/mol. The molecule has 0 bridgehead atoms. The summed E-state index contributed by atoms with van der Waals surface area (Å²) in [6.07, 6.45) is 3.94. The molecule has 0 spiro atoms. The standard InChI is InChI=1S/C31H35BrClN3O4S/c1-21-14-16-27(17-15-21)41(39,40)36(29-13-7-12-28(33)22(29)2)20-30(37)35(19-24-8-6-9-25(32)18-24)23(3)31(38)34-26-10-4-5-11-26/h6-9,12-18,23,26H,4-5,10-11,19-20H2,1-3H3,(H,34,38)/t23-/m0/s1. The molecule has 1 aliphatic rings. The van der Waals surface area contributed by atoms with Crippen LogP contribution in [0.3, 0.4) is 0 Å². The van der Waals surface area contributed by atoms with Gasteiger partial charge in [-0.25, -0.2) is 8.42 Å². The summed E-state index contributed by atoms with van der Waals surface area (Å²) in [5.41, 5.74) is 2.55. The van der Waals surface area contributed by atoms with Crippen LogP contribution in [-0.2, 0) is 26.2 Å². The summed E-state index contributed by atoms with van der Waals surface area (Å²) in [5, 5.41) is 3.47. The Balaban J connectivity index is 1.72. The van der Waals surface area contributed by atoms with Crippen molar-refractivity contribution in [1.29, 1.82) is 0 Å². The van der Waals surface area contributed by atoms with Crippen molar-refractivity contribution in [3.8, 4) is 0 Å². The molecule has 0 aromatic heterocycles. The SMILES string of the molecule is Cc1ccc(S(=O)(=O)N(CC(=O)N(Cc2cccc(Br)c2)[C@@H](C)C(=O)NC2CCCC2)c2cccc(Cl)c2C)cc1. The fraction of sp³-hybridized carbons (Fsp3) is 0.355. The van der Waals surface area contributed by atoms with E-state index in [-0.39, 0.29) is 23.4 Å². The number of nitrogens with one attached hydrogen (secondary N) is 1. The van der Waals surface area contributed by atoms with Gasteiger partial charge in [-0.15, -0.1) is 0 Å². The lowest BCUT2D eigenvalue weighted by molar-refractivity contribution is -0.139. The van der Waals surface area contributed by atoms with Gasteiger partial charge < -0.3 is 10.2 Å².